The van der Waals surface area contributed by atoms with Crippen molar-refractivity contribution in [3.05, 3.63) is 35.1 Å². The van der Waals surface area contributed by atoms with Gasteiger partial charge in [-0.1, -0.05) is 0 Å². The van der Waals surface area contributed by atoms with E-state index in [2.05, 4.69) is 0 Å². The molecule has 0 aliphatic heterocycles. The Balaban J connectivity index is 3.34. The average Bonchev–Trinajstić information content (AvgIpc) is 2.15. The van der Waals surface area contributed by atoms with E-state index < -0.39 is 23.0 Å². The summed E-state index contributed by atoms with van der Waals surface area (Å²) in [5, 5.41) is 0. The van der Waals surface area contributed by atoms with E-state index in [1.54, 1.807) is 0 Å². The maximum atomic E-state index is 13.0. The first-order chi connectivity index (χ1) is 7.16. The number of aldehydes is 1. The van der Waals surface area contributed by atoms with Crippen LogP contribution < -0.4 is 0 Å². The molecule has 16 heavy (non-hydrogen) atoms. The lowest BCUT2D eigenvalue weighted by Crippen LogP contribution is -2.20. The molecule has 1 rings (SSSR count). The third-order valence-corrected chi connectivity index (χ3v) is 2.26. The predicted octanol–water partition coefficient (Wildman–Crippen LogP) is 3.32. The maximum absolute atomic E-state index is 13.0. The zero-order valence-electron chi connectivity index (χ0n) is 8.73. The van der Waals surface area contributed by atoms with Crippen LogP contribution in [0.5, 0.6) is 0 Å². The summed E-state index contributed by atoms with van der Waals surface area (Å²) < 4.78 is 50.2. The third kappa shape index (κ3) is 2.59. The molecule has 0 saturated heterocycles. The monoisotopic (exact) mass is 234 g/mol. The van der Waals surface area contributed by atoms with E-state index in [-0.39, 0.29) is 5.56 Å². The maximum Gasteiger partial charge on any atom is 0.416 e. The Hall–Kier alpha value is -1.39. The van der Waals surface area contributed by atoms with E-state index in [9.17, 15) is 22.4 Å². The van der Waals surface area contributed by atoms with Crippen LogP contribution in [-0.2, 0) is 16.4 Å². The van der Waals surface area contributed by atoms with Gasteiger partial charge in [0.05, 0.1) is 5.56 Å². The Bertz CT molecular complexity index is 407. The van der Waals surface area contributed by atoms with Gasteiger partial charge in [0.2, 0.25) is 0 Å². The molecule has 0 heterocycles. The van der Waals surface area contributed by atoms with Gasteiger partial charge >= 0.3 is 6.18 Å². The molecule has 0 amide bonds. The van der Waals surface area contributed by atoms with Crippen LogP contribution in [0, 0.1) is 5.82 Å². The van der Waals surface area contributed by atoms with Gasteiger partial charge in [0.1, 0.15) is 12.1 Å². The van der Waals surface area contributed by atoms with E-state index in [1.165, 1.54) is 13.8 Å². The van der Waals surface area contributed by atoms with Crippen LogP contribution in [-0.4, -0.2) is 6.29 Å². The summed E-state index contributed by atoms with van der Waals surface area (Å²) >= 11 is 0. The van der Waals surface area contributed by atoms with E-state index in [1.807, 2.05) is 0 Å². The summed E-state index contributed by atoms with van der Waals surface area (Å²) in [6, 6.07) is 2.13. The number of alkyl halides is 3. The second kappa shape index (κ2) is 3.88. The zero-order chi connectivity index (χ0) is 12.6. The SMILES string of the molecule is CC(C)(C=O)c1cc(F)cc(C(F)(F)F)c1. The van der Waals surface area contributed by atoms with Gasteiger partial charge < -0.3 is 4.79 Å². The standard InChI is InChI=1S/C11H10F4O/c1-10(2,6-16)7-3-8(11(13,14)15)5-9(12)4-7/h3-6H,1-2H3. The number of rotatable bonds is 2. The number of hydrogen-bond acceptors (Lipinski definition) is 1. The van der Waals surface area contributed by atoms with Crippen LogP contribution in [0.25, 0.3) is 0 Å². The van der Waals surface area contributed by atoms with Crippen LogP contribution in [0.4, 0.5) is 17.6 Å². The second-order valence-corrected chi connectivity index (χ2v) is 4.07. The molecule has 0 aliphatic rings. The first-order valence-electron chi connectivity index (χ1n) is 4.51. The highest BCUT2D eigenvalue weighted by Crippen LogP contribution is 2.33. The largest absolute Gasteiger partial charge is 0.416 e. The zero-order valence-corrected chi connectivity index (χ0v) is 8.73. The molecule has 0 spiro atoms. The van der Waals surface area contributed by atoms with Gasteiger partial charge in [-0.2, -0.15) is 13.2 Å². The van der Waals surface area contributed by atoms with Crippen LogP contribution in [0.15, 0.2) is 18.2 Å². The molecule has 0 N–H and O–H groups in total. The van der Waals surface area contributed by atoms with Crippen molar-refractivity contribution in [1.82, 2.24) is 0 Å². The summed E-state index contributed by atoms with van der Waals surface area (Å²) in [6.45, 7) is 2.85. The lowest BCUT2D eigenvalue weighted by atomic mass is 9.85. The Morgan fingerprint density at radius 2 is 1.56 bits per heavy atom. The van der Waals surface area contributed by atoms with Gasteiger partial charge in [0, 0.05) is 5.41 Å². The Kier molecular flexibility index (Phi) is 3.08. The molecule has 5 heteroatoms. The van der Waals surface area contributed by atoms with Gasteiger partial charge in [0.25, 0.3) is 0 Å². The second-order valence-electron chi connectivity index (χ2n) is 4.07. The minimum absolute atomic E-state index is 0.00910. The van der Waals surface area contributed by atoms with Crippen molar-refractivity contribution in [1.29, 1.82) is 0 Å². The van der Waals surface area contributed by atoms with Gasteiger partial charge in [0.15, 0.2) is 0 Å². The molecule has 0 saturated carbocycles. The minimum Gasteiger partial charge on any atom is -0.302 e. The molecular weight excluding hydrogens is 224 g/mol. The van der Waals surface area contributed by atoms with Crippen LogP contribution in [0.3, 0.4) is 0 Å². The molecule has 0 fully saturated rings. The van der Waals surface area contributed by atoms with Gasteiger partial charge in [-0.3, -0.25) is 0 Å². The third-order valence-electron chi connectivity index (χ3n) is 2.26. The molecule has 0 unspecified atom stereocenters. The van der Waals surface area contributed by atoms with Crippen molar-refractivity contribution >= 4 is 6.29 Å². The van der Waals surface area contributed by atoms with Crippen LogP contribution >= 0.6 is 0 Å². The fourth-order valence-corrected chi connectivity index (χ4v) is 1.19. The number of halogens is 4. The lowest BCUT2D eigenvalue weighted by molar-refractivity contribution is -0.138. The number of benzene rings is 1. The molecule has 1 aromatic rings. The topological polar surface area (TPSA) is 17.1 Å². The summed E-state index contributed by atoms with van der Waals surface area (Å²) in [5.74, 6) is -1.00. The summed E-state index contributed by atoms with van der Waals surface area (Å²) in [6.07, 6.45) is -4.13. The highest BCUT2D eigenvalue weighted by molar-refractivity contribution is 5.67. The molecule has 88 valence electrons. The Labute approximate surface area is 90.1 Å². The van der Waals surface area contributed by atoms with E-state index in [0.717, 1.165) is 12.1 Å². The number of carbonyl (C=O) groups excluding carboxylic acids is 1. The van der Waals surface area contributed by atoms with Crippen LogP contribution in [0.1, 0.15) is 25.0 Å². The average molecular weight is 234 g/mol. The van der Waals surface area contributed by atoms with E-state index >= 15 is 0 Å². The smallest absolute Gasteiger partial charge is 0.302 e. The first kappa shape index (κ1) is 12.7. The summed E-state index contributed by atoms with van der Waals surface area (Å²) in [5.41, 5.74) is -2.21. The highest BCUT2D eigenvalue weighted by atomic mass is 19.4. The number of hydrogen-bond donors (Lipinski definition) is 0. The van der Waals surface area contributed by atoms with Gasteiger partial charge in [-0.15, -0.1) is 0 Å². The van der Waals surface area contributed by atoms with Crippen molar-refractivity contribution in [3.8, 4) is 0 Å². The van der Waals surface area contributed by atoms with Crippen molar-refractivity contribution in [2.45, 2.75) is 25.4 Å². The quantitative estimate of drug-likeness (QED) is 0.566. The minimum atomic E-state index is -4.62. The molecule has 0 bridgehead atoms. The number of carbonyl (C=O) groups is 1. The molecule has 1 nitrogen and oxygen atoms in total. The summed E-state index contributed by atoms with van der Waals surface area (Å²) in [7, 11) is 0. The fourth-order valence-electron chi connectivity index (χ4n) is 1.19. The van der Waals surface area contributed by atoms with Crippen molar-refractivity contribution in [3.63, 3.8) is 0 Å². The van der Waals surface area contributed by atoms with Crippen molar-refractivity contribution in [2.75, 3.05) is 0 Å². The van der Waals surface area contributed by atoms with Gasteiger partial charge in [-0.25, -0.2) is 4.39 Å². The molecule has 0 atom stereocenters. The van der Waals surface area contributed by atoms with Crippen LogP contribution in [0.2, 0.25) is 0 Å². The Morgan fingerprint density at radius 3 is 2.00 bits per heavy atom. The lowest BCUT2D eigenvalue weighted by Gasteiger charge is -2.19. The first-order valence-corrected chi connectivity index (χ1v) is 4.51. The molecule has 0 aliphatic carbocycles. The normalized spacial score (nSPS) is 12.6. The Morgan fingerprint density at radius 1 is 1.06 bits per heavy atom. The molecule has 0 aromatic heterocycles. The molecule has 0 radical (unpaired) electrons. The van der Waals surface area contributed by atoms with E-state index in [4.69, 9.17) is 0 Å². The molecule has 1 aromatic carbocycles. The van der Waals surface area contributed by atoms with Crippen molar-refractivity contribution < 1.29 is 22.4 Å². The molecular formula is C11H10F4O. The summed E-state index contributed by atoms with van der Waals surface area (Å²) in [4.78, 5) is 10.7. The fraction of sp³-hybridized carbons (Fsp3) is 0.364. The van der Waals surface area contributed by atoms with Crippen molar-refractivity contribution in [2.24, 2.45) is 0 Å². The van der Waals surface area contributed by atoms with E-state index in [0.29, 0.717) is 12.4 Å². The van der Waals surface area contributed by atoms with Gasteiger partial charge in [-0.05, 0) is 37.6 Å². The predicted molar refractivity (Wildman–Crippen MR) is 50.5 cm³/mol. The highest BCUT2D eigenvalue weighted by Gasteiger charge is 2.33.